The van der Waals surface area contributed by atoms with Crippen LogP contribution in [0.15, 0.2) is 36.5 Å². The fourth-order valence-corrected chi connectivity index (χ4v) is 9.39. The third-order valence-corrected chi connectivity index (χ3v) is 14.1. The number of aliphatic hydroxyl groups is 2. The van der Waals surface area contributed by atoms with Crippen LogP contribution < -0.4 is 5.32 Å². The Morgan fingerprint density at radius 2 is 0.681 bits per heavy atom. The zero-order valence-corrected chi connectivity index (χ0v) is 46.3. The van der Waals surface area contributed by atoms with Crippen LogP contribution in [0, 0.1) is 0 Å². The van der Waals surface area contributed by atoms with Crippen LogP contribution in [0.25, 0.3) is 0 Å². The van der Waals surface area contributed by atoms with Gasteiger partial charge in [0.25, 0.3) is 0 Å². The van der Waals surface area contributed by atoms with Crippen molar-refractivity contribution in [2.24, 2.45) is 0 Å². The molecule has 0 saturated heterocycles. The van der Waals surface area contributed by atoms with Gasteiger partial charge in [0.2, 0.25) is 5.91 Å². The second-order valence-corrected chi connectivity index (χ2v) is 21.0. The Hall–Kier alpha value is -1.92. The average Bonchev–Trinajstić information content (AvgIpc) is 3.35. The van der Waals surface area contributed by atoms with Crippen molar-refractivity contribution in [2.75, 3.05) is 13.2 Å². The molecule has 0 heterocycles. The molecule has 2 unspecified atom stereocenters. The van der Waals surface area contributed by atoms with Gasteiger partial charge in [-0.1, -0.05) is 269 Å². The molecule has 0 fully saturated rings. The van der Waals surface area contributed by atoms with Crippen LogP contribution in [-0.2, 0) is 14.3 Å². The van der Waals surface area contributed by atoms with Gasteiger partial charge in [0.15, 0.2) is 0 Å². The largest absolute Gasteiger partial charge is 0.466 e. The molecule has 406 valence electrons. The summed E-state index contributed by atoms with van der Waals surface area (Å²) in [5.74, 6) is -0.0735. The summed E-state index contributed by atoms with van der Waals surface area (Å²) in [6.07, 6.45) is 73.2. The molecule has 0 aromatic rings. The molecule has 2 atom stereocenters. The van der Waals surface area contributed by atoms with Gasteiger partial charge in [-0.15, -0.1) is 0 Å². The first-order valence-electron chi connectivity index (χ1n) is 30.8. The fourth-order valence-electron chi connectivity index (χ4n) is 9.39. The van der Waals surface area contributed by atoms with E-state index in [0.29, 0.717) is 19.4 Å². The fraction of sp³-hybridized carbons (Fsp3) is 0.873. The zero-order chi connectivity index (χ0) is 50.0. The van der Waals surface area contributed by atoms with Gasteiger partial charge in [0, 0.05) is 12.8 Å². The number of allylic oxidation sites excluding steroid dienone is 5. The van der Waals surface area contributed by atoms with Crippen molar-refractivity contribution in [3.8, 4) is 0 Å². The van der Waals surface area contributed by atoms with Gasteiger partial charge in [0.05, 0.1) is 25.4 Å². The number of unbranched alkanes of at least 4 members (excludes halogenated alkanes) is 42. The molecule has 0 aliphatic carbocycles. The van der Waals surface area contributed by atoms with E-state index in [4.69, 9.17) is 4.74 Å². The van der Waals surface area contributed by atoms with E-state index in [9.17, 15) is 19.8 Å². The number of hydrogen-bond acceptors (Lipinski definition) is 5. The van der Waals surface area contributed by atoms with Crippen LogP contribution >= 0.6 is 0 Å². The Bertz CT molecular complexity index is 1120. The highest BCUT2D eigenvalue weighted by Gasteiger charge is 2.18. The molecule has 0 aromatic carbocycles. The van der Waals surface area contributed by atoms with Gasteiger partial charge in [-0.25, -0.2) is 0 Å². The van der Waals surface area contributed by atoms with E-state index in [-0.39, 0.29) is 18.5 Å². The predicted molar refractivity (Wildman–Crippen MR) is 301 cm³/mol. The van der Waals surface area contributed by atoms with E-state index in [0.717, 1.165) is 51.4 Å². The Labute approximate surface area is 430 Å². The molecule has 0 aromatic heterocycles. The number of carbonyl (C=O) groups excluding carboxylic acids is 2. The summed E-state index contributed by atoms with van der Waals surface area (Å²) in [4.78, 5) is 24.5. The molecule has 0 radical (unpaired) electrons. The number of esters is 1. The molecule has 1 amide bonds. The summed E-state index contributed by atoms with van der Waals surface area (Å²) in [5, 5.41) is 23.1. The van der Waals surface area contributed by atoms with Gasteiger partial charge in [-0.2, -0.15) is 0 Å². The first-order valence-corrected chi connectivity index (χ1v) is 30.8. The maximum Gasteiger partial charge on any atom is 0.305 e. The molecule has 3 N–H and O–H groups in total. The summed E-state index contributed by atoms with van der Waals surface area (Å²) >= 11 is 0. The Balaban J connectivity index is 3.45. The monoisotopic (exact) mass is 970 g/mol. The Morgan fingerprint density at radius 1 is 0.391 bits per heavy atom. The van der Waals surface area contributed by atoms with Crippen molar-refractivity contribution in [3.05, 3.63) is 36.5 Å². The quantitative estimate of drug-likeness (QED) is 0.0321. The van der Waals surface area contributed by atoms with Crippen molar-refractivity contribution in [1.29, 1.82) is 0 Å². The Morgan fingerprint density at radius 3 is 1.04 bits per heavy atom. The molecule has 69 heavy (non-hydrogen) atoms. The molecular weight excluding hydrogens is 851 g/mol. The molecule has 0 spiro atoms. The summed E-state index contributed by atoms with van der Waals surface area (Å²) in [5.41, 5.74) is 0. The number of amides is 1. The summed E-state index contributed by atoms with van der Waals surface area (Å²) in [6.45, 7) is 4.89. The standard InChI is InChI=1S/C63H119NO5/c1-3-5-7-9-11-13-15-17-18-25-28-32-35-39-43-47-51-55-61(66)60(59-65)64-62(67)56-52-48-44-40-36-33-29-26-23-21-19-20-22-24-27-30-34-38-42-46-50-54-58-69-63(68)57-53-49-45-41-37-31-16-14-12-10-8-6-4-2/h14,16,21,23,51,55,60-61,65-66H,3-13,15,17-20,22,24-50,52-54,56-59H2,1-2H3,(H,64,67)/b16-14-,23-21-,55-51+. The normalized spacial score (nSPS) is 12.8. The lowest BCUT2D eigenvalue weighted by Crippen LogP contribution is -2.45. The SMILES string of the molecule is CCCCCC/C=C\CCCCCCCC(=O)OCCCCCCCCCCCCC/C=C\CCCCCCCCCC(=O)NC(CO)C(O)/C=C/CCCCCCCCCCCCCCCCC. The lowest BCUT2D eigenvalue weighted by Gasteiger charge is -2.20. The second kappa shape index (κ2) is 58.6. The lowest BCUT2D eigenvalue weighted by atomic mass is 10.0. The van der Waals surface area contributed by atoms with Crippen LogP contribution in [0.1, 0.15) is 328 Å². The number of carbonyl (C=O) groups is 2. The molecule has 0 bridgehead atoms. The van der Waals surface area contributed by atoms with E-state index in [1.165, 1.54) is 250 Å². The van der Waals surface area contributed by atoms with Crippen LogP contribution in [0.2, 0.25) is 0 Å². The Kier molecular flexibility index (Phi) is 57.0. The number of hydrogen-bond donors (Lipinski definition) is 3. The highest BCUT2D eigenvalue weighted by Crippen LogP contribution is 2.17. The predicted octanol–water partition coefficient (Wildman–Crippen LogP) is 19.2. The van der Waals surface area contributed by atoms with E-state index in [1.54, 1.807) is 6.08 Å². The summed E-state index contributed by atoms with van der Waals surface area (Å²) in [6, 6.07) is -0.633. The highest BCUT2D eigenvalue weighted by atomic mass is 16.5. The minimum Gasteiger partial charge on any atom is -0.466 e. The van der Waals surface area contributed by atoms with Gasteiger partial charge in [-0.05, 0) is 83.5 Å². The highest BCUT2D eigenvalue weighted by molar-refractivity contribution is 5.76. The van der Waals surface area contributed by atoms with Gasteiger partial charge in [0.1, 0.15) is 0 Å². The van der Waals surface area contributed by atoms with Crippen LogP contribution in [0.3, 0.4) is 0 Å². The van der Waals surface area contributed by atoms with E-state index in [1.807, 2.05) is 6.08 Å². The number of aliphatic hydroxyl groups excluding tert-OH is 2. The third-order valence-electron chi connectivity index (χ3n) is 14.1. The van der Waals surface area contributed by atoms with Crippen molar-refractivity contribution in [2.45, 2.75) is 341 Å². The van der Waals surface area contributed by atoms with Gasteiger partial charge < -0.3 is 20.3 Å². The molecule has 0 rings (SSSR count). The van der Waals surface area contributed by atoms with Crippen LogP contribution in [0.4, 0.5) is 0 Å². The van der Waals surface area contributed by atoms with Crippen molar-refractivity contribution in [1.82, 2.24) is 5.32 Å². The number of rotatable bonds is 57. The van der Waals surface area contributed by atoms with Crippen molar-refractivity contribution in [3.63, 3.8) is 0 Å². The average molecular weight is 971 g/mol. The topological polar surface area (TPSA) is 95.9 Å². The first kappa shape index (κ1) is 67.1. The minimum absolute atomic E-state index is 0.0000638. The van der Waals surface area contributed by atoms with E-state index < -0.39 is 12.1 Å². The summed E-state index contributed by atoms with van der Waals surface area (Å²) in [7, 11) is 0. The smallest absolute Gasteiger partial charge is 0.305 e. The maximum atomic E-state index is 12.5. The molecule has 6 nitrogen and oxygen atoms in total. The van der Waals surface area contributed by atoms with Gasteiger partial charge >= 0.3 is 5.97 Å². The molecular formula is C63H119NO5. The number of ether oxygens (including phenoxy) is 1. The third kappa shape index (κ3) is 55.2. The number of nitrogens with one attached hydrogen (secondary N) is 1. The van der Waals surface area contributed by atoms with Crippen molar-refractivity contribution >= 4 is 11.9 Å². The minimum atomic E-state index is -0.849. The van der Waals surface area contributed by atoms with Crippen molar-refractivity contribution < 1.29 is 24.5 Å². The molecule has 0 aliphatic heterocycles. The molecule has 6 heteroatoms. The van der Waals surface area contributed by atoms with Gasteiger partial charge in [-0.3, -0.25) is 9.59 Å². The molecule has 0 aliphatic rings. The zero-order valence-electron chi connectivity index (χ0n) is 46.3. The van der Waals surface area contributed by atoms with E-state index >= 15 is 0 Å². The lowest BCUT2D eigenvalue weighted by molar-refractivity contribution is -0.143. The van der Waals surface area contributed by atoms with Crippen LogP contribution in [0.5, 0.6) is 0 Å². The van der Waals surface area contributed by atoms with Crippen LogP contribution in [-0.4, -0.2) is 47.4 Å². The summed E-state index contributed by atoms with van der Waals surface area (Å²) < 4.78 is 5.47. The maximum absolute atomic E-state index is 12.5. The van der Waals surface area contributed by atoms with E-state index in [2.05, 4.69) is 43.5 Å². The molecule has 0 saturated carbocycles. The second-order valence-electron chi connectivity index (χ2n) is 21.0. The first-order chi connectivity index (χ1) is 34.0.